The first-order chi connectivity index (χ1) is 15.2. The predicted octanol–water partition coefficient (Wildman–Crippen LogP) is 2.85. The van der Waals surface area contributed by atoms with Crippen LogP contribution in [0, 0.1) is 26.6 Å². The van der Waals surface area contributed by atoms with Crippen LogP contribution in [-0.4, -0.2) is 49.3 Å². The zero-order chi connectivity index (χ0) is 23.7. The summed E-state index contributed by atoms with van der Waals surface area (Å²) < 4.78 is 24.0. The molecule has 0 fully saturated rings. The van der Waals surface area contributed by atoms with Gasteiger partial charge in [0.15, 0.2) is 13.2 Å². The van der Waals surface area contributed by atoms with Crippen LogP contribution in [0.3, 0.4) is 0 Å². The van der Waals surface area contributed by atoms with Crippen LogP contribution in [0.1, 0.15) is 23.1 Å². The van der Waals surface area contributed by atoms with Crippen LogP contribution in [0.2, 0.25) is 5.02 Å². The third kappa shape index (κ3) is 8.36. The van der Waals surface area contributed by atoms with Crippen LogP contribution >= 0.6 is 11.6 Å². The Hall–Kier alpha value is -2.84. The molecule has 9 heteroatoms. The fraction of sp³-hybridized carbons (Fsp3) is 0.391. The van der Waals surface area contributed by atoms with Crippen molar-refractivity contribution in [1.29, 1.82) is 0 Å². The average Bonchev–Trinajstić information content (AvgIpc) is 2.75. The van der Waals surface area contributed by atoms with E-state index in [0.717, 1.165) is 17.2 Å². The van der Waals surface area contributed by atoms with Crippen LogP contribution in [0.5, 0.6) is 11.5 Å². The van der Waals surface area contributed by atoms with Crippen molar-refractivity contribution in [3.63, 3.8) is 0 Å². The Morgan fingerprint density at radius 2 is 1.59 bits per heavy atom. The van der Waals surface area contributed by atoms with Crippen molar-refractivity contribution in [2.24, 2.45) is 0 Å². The number of nitrogens with one attached hydrogen (secondary N) is 2. The Bertz CT molecular complexity index is 931. The van der Waals surface area contributed by atoms with Gasteiger partial charge in [-0.1, -0.05) is 11.6 Å². The summed E-state index contributed by atoms with van der Waals surface area (Å²) in [5.41, 5.74) is 3.38. The van der Waals surface area contributed by atoms with Crippen molar-refractivity contribution >= 4 is 23.4 Å². The second kappa shape index (κ2) is 12.3. The molecule has 0 aliphatic rings. The molecular weight excluding hydrogens is 439 g/mol. The number of aliphatic hydroxyl groups excluding tert-OH is 1. The number of ether oxygens (including phenoxy) is 2. The molecule has 32 heavy (non-hydrogen) atoms. The van der Waals surface area contributed by atoms with E-state index in [0.29, 0.717) is 5.75 Å². The largest absolute Gasteiger partial charge is 0.484 e. The van der Waals surface area contributed by atoms with Gasteiger partial charge >= 0.3 is 0 Å². The number of aliphatic hydroxyl groups is 1. The Balaban J connectivity index is 1.60. The molecule has 0 aliphatic heterocycles. The number of carbonyl (C=O) groups is 2. The van der Waals surface area contributed by atoms with E-state index in [-0.39, 0.29) is 49.4 Å². The molecule has 0 saturated carbocycles. The molecule has 2 aromatic carbocycles. The quantitative estimate of drug-likeness (QED) is 0.473. The summed E-state index contributed by atoms with van der Waals surface area (Å²) in [6.07, 6.45) is -0.603. The molecule has 0 aliphatic carbocycles. The normalized spacial score (nSPS) is 11.6. The zero-order valence-electron chi connectivity index (χ0n) is 18.3. The van der Waals surface area contributed by atoms with Crippen LogP contribution in [0.25, 0.3) is 0 Å². The third-order valence-corrected chi connectivity index (χ3v) is 5.17. The minimum absolute atomic E-state index is 0.00847. The number of hydrogen-bond donors (Lipinski definition) is 3. The summed E-state index contributed by atoms with van der Waals surface area (Å²) in [4.78, 5) is 23.7. The molecule has 174 valence electrons. The molecular formula is C23H28ClFN2O5. The molecule has 7 nitrogen and oxygen atoms in total. The molecule has 0 spiro atoms. The highest BCUT2D eigenvalue weighted by atomic mass is 35.5. The summed E-state index contributed by atoms with van der Waals surface area (Å²) in [5.74, 6) is -0.617. The Morgan fingerprint density at radius 3 is 2.22 bits per heavy atom. The second-order valence-corrected chi connectivity index (χ2v) is 7.84. The Labute approximate surface area is 191 Å². The highest BCUT2D eigenvalue weighted by molar-refractivity contribution is 6.30. The molecule has 0 heterocycles. The van der Waals surface area contributed by atoms with Gasteiger partial charge in [-0.05, 0) is 68.1 Å². The molecule has 0 radical (unpaired) electrons. The van der Waals surface area contributed by atoms with Gasteiger partial charge in [-0.3, -0.25) is 9.59 Å². The number of amides is 2. The molecule has 2 rings (SSSR count). The minimum Gasteiger partial charge on any atom is -0.484 e. The number of carbonyl (C=O) groups excluding carboxylic acids is 2. The maximum absolute atomic E-state index is 13.3. The van der Waals surface area contributed by atoms with E-state index in [1.165, 1.54) is 17.7 Å². The molecule has 3 N–H and O–H groups in total. The van der Waals surface area contributed by atoms with Gasteiger partial charge in [0.25, 0.3) is 11.8 Å². The predicted molar refractivity (Wildman–Crippen MR) is 120 cm³/mol. The first kappa shape index (κ1) is 25.4. The van der Waals surface area contributed by atoms with E-state index < -0.39 is 17.8 Å². The van der Waals surface area contributed by atoms with E-state index in [1.807, 2.05) is 32.9 Å². The van der Waals surface area contributed by atoms with Gasteiger partial charge in [0.2, 0.25) is 0 Å². The molecule has 0 saturated heterocycles. The number of aryl methyl sites for hydroxylation is 2. The van der Waals surface area contributed by atoms with Crippen LogP contribution in [-0.2, 0) is 9.59 Å². The highest BCUT2D eigenvalue weighted by Crippen LogP contribution is 2.21. The number of halogens is 2. The minimum atomic E-state index is -0.851. The van der Waals surface area contributed by atoms with Crippen molar-refractivity contribution in [2.45, 2.75) is 33.3 Å². The average molecular weight is 467 g/mol. The van der Waals surface area contributed by atoms with Gasteiger partial charge in [-0.25, -0.2) is 4.39 Å². The lowest BCUT2D eigenvalue weighted by Gasteiger charge is -2.14. The molecule has 2 aromatic rings. The lowest BCUT2D eigenvalue weighted by molar-refractivity contribution is -0.124. The summed E-state index contributed by atoms with van der Waals surface area (Å²) in [6, 6.07) is 7.62. The Kier molecular flexibility index (Phi) is 9.74. The SMILES string of the molecule is Cc1cc(OCC(=O)NCC[C@H](O)CNC(=O)COc2ccc(Cl)c(F)c2)cc(C)c1C. The monoisotopic (exact) mass is 466 g/mol. The maximum Gasteiger partial charge on any atom is 0.258 e. The van der Waals surface area contributed by atoms with Gasteiger partial charge in [0, 0.05) is 19.2 Å². The van der Waals surface area contributed by atoms with E-state index >= 15 is 0 Å². The highest BCUT2D eigenvalue weighted by Gasteiger charge is 2.10. The lowest BCUT2D eigenvalue weighted by atomic mass is 10.0. The summed E-state index contributed by atoms with van der Waals surface area (Å²) >= 11 is 5.58. The van der Waals surface area contributed by atoms with Gasteiger partial charge in [0.05, 0.1) is 11.1 Å². The van der Waals surface area contributed by atoms with E-state index in [4.69, 9.17) is 21.1 Å². The van der Waals surface area contributed by atoms with Crippen LogP contribution in [0.4, 0.5) is 4.39 Å². The summed E-state index contributed by atoms with van der Waals surface area (Å²) in [7, 11) is 0. The molecule has 0 aromatic heterocycles. The fourth-order valence-electron chi connectivity index (χ4n) is 2.76. The van der Waals surface area contributed by atoms with Gasteiger partial charge in [0.1, 0.15) is 17.3 Å². The molecule has 2 amide bonds. The summed E-state index contributed by atoms with van der Waals surface area (Å²) in [5, 5.41) is 15.1. The van der Waals surface area contributed by atoms with Crippen molar-refractivity contribution in [3.05, 3.63) is 57.9 Å². The fourth-order valence-corrected chi connectivity index (χ4v) is 2.88. The van der Waals surface area contributed by atoms with Crippen molar-refractivity contribution in [3.8, 4) is 11.5 Å². The topological polar surface area (TPSA) is 96.9 Å². The lowest BCUT2D eigenvalue weighted by Crippen LogP contribution is -2.37. The second-order valence-electron chi connectivity index (χ2n) is 7.43. The third-order valence-electron chi connectivity index (χ3n) is 4.87. The summed E-state index contributed by atoms with van der Waals surface area (Å²) in [6.45, 7) is 5.76. The van der Waals surface area contributed by atoms with Crippen molar-refractivity contribution in [2.75, 3.05) is 26.3 Å². The van der Waals surface area contributed by atoms with Crippen LogP contribution < -0.4 is 20.1 Å². The van der Waals surface area contributed by atoms with Crippen molar-refractivity contribution < 1.29 is 28.6 Å². The first-order valence-corrected chi connectivity index (χ1v) is 10.5. The maximum atomic E-state index is 13.3. The number of rotatable bonds is 11. The Morgan fingerprint density at radius 1 is 1.00 bits per heavy atom. The standard InChI is InChI=1S/C23H28ClFN2O5/c1-14-8-19(9-15(2)16(14)3)32-12-22(29)26-7-6-17(28)11-27-23(30)13-31-18-4-5-20(24)21(25)10-18/h4-5,8-10,17,28H,6-7,11-13H2,1-3H3,(H,26,29)(H,27,30)/t17-/m0/s1. The van der Waals surface area contributed by atoms with Crippen molar-refractivity contribution in [1.82, 2.24) is 10.6 Å². The molecule has 1 atom stereocenters. The van der Waals surface area contributed by atoms with E-state index in [2.05, 4.69) is 10.6 Å². The van der Waals surface area contributed by atoms with E-state index in [1.54, 1.807) is 0 Å². The van der Waals surface area contributed by atoms with Gasteiger partial charge < -0.3 is 25.2 Å². The first-order valence-electron chi connectivity index (χ1n) is 10.2. The van der Waals surface area contributed by atoms with Gasteiger partial charge in [-0.2, -0.15) is 0 Å². The smallest absolute Gasteiger partial charge is 0.258 e. The number of benzene rings is 2. The van der Waals surface area contributed by atoms with Crippen LogP contribution in [0.15, 0.2) is 30.3 Å². The van der Waals surface area contributed by atoms with Gasteiger partial charge in [-0.15, -0.1) is 0 Å². The van der Waals surface area contributed by atoms with E-state index in [9.17, 15) is 19.1 Å². The molecule has 0 unspecified atom stereocenters. The molecule has 0 bridgehead atoms. The zero-order valence-corrected chi connectivity index (χ0v) is 19.1. The number of hydrogen-bond acceptors (Lipinski definition) is 5.